The maximum Gasteiger partial charge on any atom is 0.0593 e. The van der Waals surface area contributed by atoms with Crippen molar-refractivity contribution in [2.24, 2.45) is 5.84 Å². The Morgan fingerprint density at radius 1 is 1.24 bits per heavy atom. The molecule has 0 spiro atoms. The molecule has 0 aliphatic rings. The summed E-state index contributed by atoms with van der Waals surface area (Å²) in [5.74, 6) is 5.66. The fourth-order valence-corrected chi connectivity index (χ4v) is 2.89. The van der Waals surface area contributed by atoms with Crippen molar-refractivity contribution in [3.05, 3.63) is 57.3 Å². The topological polar surface area (TPSA) is 38.0 Å². The number of benzene rings is 1. The van der Waals surface area contributed by atoms with E-state index in [9.17, 15) is 0 Å². The van der Waals surface area contributed by atoms with Crippen LogP contribution in [-0.2, 0) is 6.42 Å². The number of thiophene rings is 1. The molecule has 0 aliphatic carbocycles. The van der Waals surface area contributed by atoms with E-state index >= 15 is 0 Å². The van der Waals surface area contributed by atoms with E-state index < -0.39 is 0 Å². The molecular weight excluding hydrogens is 228 g/mol. The molecular formula is C14H18N2S. The van der Waals surface area contributed by atoms with Crippen LogP contribution in [0.4, 0.5) is 0 Å². The van der Waals surface area contributed by atoms with E-state index in [2.05, 4.69) is 55.7 Å². The Morgan fingerprint density at radius 3 is 2.65 bits per heavy atom. The zero-order valence-corrected chi connectivity index (χ0v) is 11.1. The van der Waals surface area contributed by atoms with Crippen LogP contribution in [0.25, 0.3) is 0 Å². The van der Waals surface area contributed by atoms with Gasteiger partial charge >= 0.3 is 0 Å². The van der Waals surface area contributed by atoms with Crippen molar-refractivity contribution >= 4 is 11.3 Å². The number of nitrogens with two attached hydrogens (primary N) is 1. The highest BCUT2D eigenvalue weighted by Crippen LogP contribution is 2.25. The van der Waals surface area contributed by atoms with E-state index in [0.29, 0.717) is 0 Å². The maximum atomic E-state index is 5.66. The second-order valence-electron chi connectivity index (χ2n) is 4.36. The molecule has 2 rings (SSSR count). The number of rotatable bonds is 4. The van der Waals surface area contributed by atoms with E-state index in [1.165, 1.54) is 20.9 Å². The highest BCUT2D eigenvalue weighted by atomic mass is 32.1. The van der Waals surface area contributed by atoms with E-state index in [1.807, 2.05) is 0 Å². The number of hydrazine groups is 1. The van der Waals surface area contributed by atoms with Gasteiger partial charge in [0.2, 0.25) is 0 Å². The summed E-state index contributed by atoms with van der Waals surface area (Å²) in [6.45, 7) is 4.23. The second kappa shape index (κ2) is 5.45. The van der Waals surface area contributed by atoms with Gasteiger partial charge in [-0.25, -0.2) is 0 Å². The van der Waals surface area contributed by atoms with Crippen LogP contribution < -0.4 is 11.3 Å². The molecule has 0 saturated heterocycles. The summed E-state index contributed by atoms with van der Waals surface area (Å²) < 4.78 is 0. The molecule has 3 heteroatoms. The largest absolute Gasteiger partial charge is 0.271 e. The Morgan fingerprint density at radius 2 is 2.06 bits per heavy atom. The van der Waals surface area contributed by atoms with Gasteiger partial charge in [0.15, 0.2) is 0 Å². The Kier molecular flexibility index (Phi) is 3.94. The molecule has 0 amide bonds. The molecule has 0 aliphatic heterocycles. The van der Waals surface area contributed by atoms with E-state index in [-0.39, 0.29) is 6.04 Å². The first kappa shape index (κ1) is 12.3. The molecule has 1 heterocycles. The van der Waals surface area contributed by atoms with Gasteiger partial charge in [-0.1, -0.05) is 29.8 Å². The Bertz CT molecular complexity index is 490. The van der Waals surface area contributed by atoms with Crippen molar-refractivity contribution in [1.29, 1.82) is 0 Å². The summed E-state index contributed by atoms with van der Waals surface area (Å²) in [6.07, 6.45) is 0.929. The van der Waals surface area contributed by atoms with Crippen LogP contribution >= 0.6 is 11.3 Å². The third kappa shape index (κ3) is 3.16. The lowest BCUT2D eigenvalue weighted by atomic mass is 10.0. The van der Waals surface area contributed by atoms with Crippen LogP contribution in [0, 0.1) is 13.8 Å². The zero-order valence-electron chi connectivity index (χ0n) is 10.2. The first-order chi connectivity index (χ1) is 8.19. The van der Waals surface area contributed by atoms with Gasteiger partial charge in [0.05, 0.1) is 6.04 Å². The molecule has 2 nitrogen and oxygen atoms in total. The zero-order chi connectivity index (χ0) is 12.3. The van der Waals surface area contributed by atoms with Crippen LogP contribution in [-0.4, -0.2) is 0 Å². The van der Waals surface area contributed by atoms with Crippen molar-refractivity contribution in [1.82, 2.24) is 5.43 Å². The average Bonchev–Trinajstić information content (AvgIpc) is 2.73. The minimum atomic E-state index is 0.204. The maximum absolute atomic E-state index is 5.66. The molecule has 90 valence electrons. The molecule has 1 atom stereocenters. The SMILES string of the molecule is Cc1cccc(CC(NN)c2ccc(C)s2)c1. The van der Waals surface area contributed by atoms with E-state index in [0.717, 1.165) is 6.42 Å². The third-order valence-electron chi connectivity index (χ3n) is 2.83. The lowest BCUT2D eigenvalue weighted by Crippen LogP contribution is -2.28. The molecule has 1 unspecified atom stereocenters. The van der Waals surface area contributed by atoms with Crippen LogP contribution in [0.15, 0.2) is 36.4 Å². The van der Waals surface area contributed by atoms with Crippen molar-refractivity contribution in [3.63, 3.8) is 0 Å². The van der Waals surface area contributed by atoms with Crippen LogP contribution in [0.3, 0.4) is 0 Å². The van der Waals surface area contributed by atoms with Crippen molar-refractivity contribution in [2.75, 3.05) is 0 Å². The second-order valence-corrected chi connectivity index (χ2v) is 5.68. The predicted octanol–water partition coefficient (Wildman–Crippen LogP) is 3.11. The monoisotopic (exact) mass is 246 g/mol. The summed E-state index contributed by atoms with van der Waals surface area (Å²) in [5, 5.41) is 0. The predicted molar refractivity (Wildman–Crippen MR) is 74.0 cm³/mol. The first-order valence-electron chi connectivity index (χ1n) is 5.77. The van der Waals surface area contributed by atoms with Crippen LogP contribution in [0.1, 0.15) is 26.9 Å². The first-order valence-corrected chi connectivity index (χ1v) is 6.58. The third-order valence-corrected chi connectivity index (χ3v) is 3.94. The molecule has 0 bridgehead atoms. The highest BCUT2D eigenvalue weighted by molar-refractivity contribution is 7.12. The van der Waals surface area contributed by atoms with E-state index in [1.54, 1.807) is 11.3 Å². The van der Waals surface area contributed by atoms with Gasteiger partial charge < -0.3 is 0 Å². The minimum absolute atomic E-state index is 0.204. The van der Waals surface area contributed by atoms with Crippen molar-refractivity contribution in [2.45, 2.75) is 26.3 Å². The molecule has 2 aromatic rings. The van der Waals surface area contributed by atoms with Crippen LogP contribution in [0.2, 0.25) is 0 Å². The molecule has 3 N–H and O–H groups in total. The molecule has 0 radical (unpaired) electrons. The van der Waals surface area contributed by atoms with Crippen molar-refractivity contribution < 1.29 is 0 Å². The fourth-order valence-electron chi connectivity index (χ4n) is 1.96. The van der Waals surface area contributed by atoms with Gasteiger partial charge in [0.1, 0.15) is 0 Å². The van der Waals surface area contributed by atoms with Gasteiger partial charge in [-0.05, 0) is 38.0 Å². The molecule has 1 aromatic carbocycles. The van der Waals surface area contributed by atoms with Crippen molar-refractivity contribution in [3.8, 4) is 0 Å². The summed E-state index contributed by atoms with van der Waals surface area (Å²) in [5.41, 5.74) is 5.52. The molecule has 0 fully saturated rings. The normalized spacial score (nSPS) is 12.6. The lowest BCUT2D eigenvalue weighted by Gasteiger charge is -2.14. The Balaban J connectivity index is 2.15. The van der Waals surface area contributed by atoms with E-state index in [4.69, 9.17) is 5.84 Å². The average molecular weight is 246 g/mol. The summed E-state index contributed by atoms with van der Waals surface area (Å²) in [6, 6.07) is 13.1. The summed E-state index contributed by atoms with van der Waals surface area (Å²) in [4.78, 5) is 2.62. The summed E-state index contributed by atoms with van der Waals surface area (Å²) >= 11 is 1.80. The highest BCUT2D eigenvalue weighted by Gasteiger charge is 2.12. The fraction of sp³-hybridized carbons (Fsp3) is 0.286. The van der Waals surface area contributed by atoms with Gasteiger partial charge in [0.25, 0.3) is 0 Å². The molecule has 17 heavy (non-hydrogen) atoms. The number of hydrogen-bond donors (Lipinski definition) is 2. The Labute approximate surface area is 106 Å². The number of hydrogen-bond acceptors (Lipinski definition) is 3. The molecule has 0 saturated carbocycles. The van der Waals surface area contributed by atoms with Gasteiger partial charge in [0, 0.05) is 9.75 Å². The van der Waals surface area contributed by atoms with Gasteiger partial charge in [-0.2, -0.15) is 0 Å². The minimum Gasteiger partial charge on any atom is -0.271 e. The number of nitrogens with one attached hydrogen (secondary N) is 1. The molecule has 1 aromatic heterocycles. The van der Waals surface area contributed by atoms with Gasteiger partial charge in [-0.15, -0.1) is 11.3 Å². The lowest BCUT2D eigenvalue weighted by molar-refractivity contribution is 0.560. The van der Waals surface area contributed by atoms with Gasteiger partial charge in [-0.3, -0.25) is 11.3 Å². The number of aryl methyl sites for hydroxylation is 2. The quantitative estimate of drug-likeness (QED) is 0.642. The Hall–Kier alpha value is -1.16. The summed E-state index contributed by atoms with van der Waals surface area (Å²) in [7, 11) is 0. The standard InChI is InChI=1S/C14H18N2S/c1-10-4-3-5-12(8-10)9-13(16-15)14-7-6-11(2)17-14/h3-8,13,16H,9,15H2,1-2H3. The van der Waals surface area contributed by atoms with Crippen LogP contribution in [0.5, 0.6) is 0 Å². The smallest absolute Gasteiger partial charge is 0.0593 e.